The molecule has 0 aliphatic heterocycles. The lowest BCUT2D eigenvalue weighted by atomic mass is 9.92. The van der Waals surface area contributed by atoms with Gasteiger partial charge in [-0.3, -0.25) is 5.10 Å². The second kappa shape index (κ2) is 3.92. The van der Waals surface area contributed by atoms with Crippen molar-refractivity contribution in [2.75, 3.05) is 0 Å². The average Bonchev–Trinajstić information content (AvgIpc) is 2.32. The zero-order valence-corrected chi connectivity index (χ0v) is 8.53. The maximum absolute atomic E-state index is 5.44. The van der Waals surface area contributed by atoms with Gasteiger partial charge in [-0.15, -0.1) is 12.4 Å². The van der Waals surface area contributed by atoms with E-state index in [4.69, 9.17) is 5.73 Å². The number of nitrogens with two attached hydrogens (primary N) is 1. The molecule has 1 heterocycles. The molecule has 1 aromatic heterocycles. The number of aromatic nitrogens is 2. The van der Waals surface area contributed by atoms with E-state index in [1.165, 1.54) is 0 Å². The SMILES string of the molecule is CC(C)(C)c1cc(CN)[nH]n1.Cl. The minimum absolute atomic E-state index is 0. The highest BCUT2D eigenvalue weighted by Crippen LogP contribution is 2.19. The predicted octanol–water partition coefficient (Wildman–Crippen LogP) is 1.59. The summed E-state index contributed by atoms with van der Waals surface area (Å²) in [5, 5.41) is 7.04. The summed E-state index contributed by atoms with van der Waals surface area (Å²) >= 11 is 0. The van der Waals surface area contributed by atoms with Crippen LogP contribution in [-0.4, -0.2) is 10.2 Å². The third-order valence-electron chi connectivity index (χ3n) is 1.62. The van der Waals surface area contributed by atoms with Crippen molar-refractivity contribution in [1.29, 1.82) is 0 Å². The van der Waals surface area contributed by atoms with Crippen LogP contribution < -0.4 is 5.73 Å². The van der Waals surface area contributed by atoms with Crippen LogP contribution in [0.5, 0.6) is 0 Å². The second-order valence-electron chi connectivity index (χ2n) is 3.73. The van der Waals surface area contributed by atoms with Crippen molar-refractivity contribution in [3.63, 3.8) is 0 Å². The normalized spacial score (nSPS) is 11.0. The van der Waals surface area contributed by atoms with Gasteiger partial charge in [0.15, 0.2) is 0 Å². The first kappa shape index (κ1) is 11.5. The standard InChI is InChI=1S/C8H15N3.ClH/c1-8(2,3)7-4-6(5-9)10-11-7;/h4H,5,9H2,1-3H3,(H,10,11);1H. The van der Waals surface area contributed by atoms with E-state index >= 15 is 0 Å². The van der Waals surface area contributed by atoms with E-state index < -0.39 is 0 Å². The van der Waals surface area contributed by atoms with Gasteiger partial charge in [0.25, 0.3) is 0 Å². The van der Waals surface area contributed by atoms with Crippen molar-refractivity contribution in [3.8, 4) is 0 Å². The Hall–Kier alpha value is -0.540. The van der Waals surface area contributed by atoms with Gasteiger partial charge in [0, 0.05) is 17.7 Å². The Morgan fingerprint density at radius 2 is 2.08 bits per heavy atom. The van der Waals surface area contributed by atoms with E-state index in [2.05, 4.69) is 31.0 Å². The third kappa shape index (κ3) is 2.50. The van der Waals surface area contributed by atoms with Gasteiger partial charge in [-0.2, -0.15) is 5.10 Å². The number of hydrogen-bond donors (Lipinski definition) is 2. The molecule has 4 heteroatoms. The van der Waals surface area contributed by atoms with Gasteiger partial charge < -0.3 is 5.73 Å². The molecule has 0 unspecified atom stereocenters. The average molecular weight is 190 g/mol. The topological polar surface area (TPSA) is 54.7 Å². The molecule has 0 aromatic carbocycles. The maximum Gasteiger partial charge on any atom is 0.0678 e. The van der Waals surface area contributed by atoms with Gasteiger partial charge in [-0.05, 0) is 6.07 Å². The monoisotopic (exact) mass is 189 g/mol. The largest absolute Gasteiger partial charge is 0.325 e. The molecule has 3 nitrogen and oxygen atoms in total. The first-order valence-electron chi connectivity index (χ1n) is 3.79. The van der Waals surface area contributed by atoms with E-state index in [9.17, 15) is 0 Å². The van der Waals surface area contributed by atoms with Crippen molar-refractivity contribution in [1.82, 2.24) is 10.2 Å². The van der Waals surface area contributed by atoms with Crippen molar-refractivity contribution >= 4 is 12.4 Å². The fourth-order valence-electron chi connectivity index (χ4n) is 0.850. The number of H-pyrrole nitrogens is 1. The van der Waals surface area contributed by atoms with E-state index in [0.717, 1.165) is 11.4 Å². The Morgan fingerprint density at radius 3 is 2.33 bits per heavy atom. The highest BCUT2D eigenvalue weighted by molar-refractivity contribution is 5.85. The Labute approximate surface area is 79.1 Å². The summed E-state index contributed by atoms with van der Waals surface area (Å²) in [6.07, 6.45) is 0. The number of nitrogens with one attached hydrogen (secondary N) is 1. The lowest BCUT2D eigenvalue weighted by Gasteiger charge is -2.13. The van der Waals surface area contributed by atoms with Crippen LogP contribution in [0.3, 0.4) is 0 Å². The van der Waals surface area contributed by atoms with E-state index in [1.807, 2.05) is 6.07 Å². The predicted molar refractivity (Wildman–Crippen MR) is 52.4 cm³/mol. The zero-order chi connectivity index (χ0) is 8.48. The first-order chi connectivity index (χ1) is 5.04. The third-order valence-corrected chi connectivity index (χ3v) is 1.62. The van der Waals surface area contributed by atoms with Crippen molar-refractivity contribution in [3.05, 3.63) is 17.5 Å². The van der Waals surface area contributed by atoms with Gasteiger partial charge in [-0.25, -0.2) is 0 Å². The Balaban J connectivity index is 0.00000121. The van der Waals surface area contributed by atoms with Crippen LogP contribution in [0.4, 0.5) is 0 Å². The van der Waals surface area contributed by atoms with Crippen LogP contribution in [0.15, 0.2) is 6.07 Å². The molecule has 0 spiro atoms. The van der Waals surface area contributed by atoms with Crippen LogP contribution >= 0.6 is 12.4 Å². The fourth-order valence-corrected chi connectivity index (χ4v) is 0.850. The molecule has 3 N–H and O–H groups in total. The minimum atomic E-state index is 0. The summed E-state index contributed by atoms with van der Waals surface area (Å²) in [6.45, 7) is 6.92. The van der Waals surface area contributed by atoms with Crippen LogP contribution in [0.1, 0.15) is 32.2 Å². The van der Waals surface area contributed by atoms with Crippen molar-refractivity contribution < 1.29 is 0 Å². The molecule has 0 fully saturated rings. The molecule has 0 amide bonds. The van der Waals surface area contributed by atoms with E-state index in [1.54, 1.807) is 0 Å². The number of aromatic amines is 1. The smallest absolute Gasteiger partial charge is 0.0678 e. The van der Waals surface area contributed by atoms with Gasteiger partial charge >= 0.3 is 0 Å². The Morgan fingerprint density at radius 1 is 1.50 bits per heavy atom. The van der Waals surface area contributed by atoms with Gasteiger partial charge in [0.2, 0.25) is 0 Å². The molecule has 0 bridgehead atoms. The van der Waals surface area contributed by atoms with Gasteiger partial charge in [0.1, 0.15) is 0 Å². The summed E-state index contributed by atoms with van der Waals surface area (Å²) in [5.41, 5.74) is 7.61. The molecule has 0 saturated carbocycles. The van der Waals surface area contributed by atoms with E-state index in [0.29, 0.717) is 6.54 Å². The van der Waals surface area contributed by atoms with Crippen molar-refractivity contribution in [2.45, 2.75) is 32.7 Å². The summed E-state index contributed by atoms with van der Waals surface area (Å²) in [6, 6.07) is 2.01. The molecule has 12 heavy (non-hydrogen) atoms. The maximum atomic E-state index is 5.44. The lowest BCUT2D eigenvalue weighted by molar-refractivity contribution is 0.567. The van der Waals surface area contributed by atoms with Gasteiger partial charge in [0.05, 0.1) is 5.69 Å². The summed E-state index contributed by atoms with van der Waals surface area (Å²) < 4.78 is 0. The highest BCUT2D eigenvalue weighted by atomic mass is 35.5. The van der Waals surface area contributed by atoms with Crippen molar-refractivity contribution in [2.24, 2.45) is 5.73 Å². The highest BCUT2D eigenvalue weighted by Gasteiger charge is 2.16. The van der Waals surface area contributed by atoms with E-state index in [-0.39, 0.29) is 17.8 Å². The fraction of sp³-hybridized carbons (Fsp3) is 0.625. The molecular weight excluding hydrogens is 174 g/mol. The van der Waals surface area contributed by atoms with Crippen LogP contribution in [0.25, 0.3) is 0 Å². The molecule has 0 radical (unpaired) electrons. The molecular formula is C8H16ClN3. The zero-order valence-electron chi connectivity index (χ0n) is 7.72. The molecule has 0 atom stereocenters. The molecule has 0 saturated heterocycles. The van der Waals surface area contributed by atoms with Crippen LogP contribution in [-0.2, 0) is 12.0 Å². The number of nitrogens with zero attached hydrogens (tertiary/aromatic N) is 1. The quantitative estimate of drug-likeness (QED) is 0.705. The number of halogens is 1. The number of rotatable bonds is 1. The summed E-state index contributed by atoms with van der Waals surface area (Å²) in [7, 11) is 0. The minimum Gasteiger partial charge on any atom is -0.325 e. The van der Waals surface area contributed by atoms with Crippen LogP contribution in [0, 0.1) is 0 Å². The Kier molecular flexibility index (Phi) is 3.74. The Bertz CT molecular complexity index is 237. The van der Waals surface area contributed by atoms with Crippen LogP contribution in [0.2, 0.25) is 0 Å². The second-order valence-corrected chi connectivity index (χ2v) is 3.73. The molecule has 0 aliphatic rings. The molecule has 1 rings (SSSR count). The number of hydrogen-bond acceptors (Lipinski definition) is 2. The molecule has 0 aliphatic carbocycles. The molecule has 70 valence electrons. The first-order valence-corrected chi connectivity index (χ1v) is 3.79. The summed E-state index contributed by atoms with van der Waals surface area (Å²) in [4.78, 5) is 0. The van der Waals surface area contributed by atoms with Gasteiger partial charge in [-0.1, -0.05) is 20.8 Å². The molecule has 1 aromatic rings. The lowest BCUT2D eigenvalue weighted by Crippen LogP contribution is -2.11. The summed E-state index contributed by atoms with van der Waals surface area (Å²) in [5.74, 6) is 0.